The van der Waals surface area contributed by atoms with Crippen LogP contribution in [0.2, 0.25) is 0 Å². The highest BCUT2D eigenvalue weighted by Gasteiger charge is 2.22. The van der Waals surface area contributed by atoms with E-state index in [4.69, 9.17) is 4.99 Å². The Morgan fingerprint density at radius 3 is 1.78 bits per heavy atom. The molecular weight excluding hydrogens is 609 g/mol. The molecule has 4 heteroatoms. The predicted molar refractivity (Wildman–Crippen MR) is 211 cm³/mol. The highest BCUT2D eigenvalue weighted by molar-refractivity contribution is 6.20. The number of aliphatic imine (C=N–C) groups is 2. The minimum Gasteiger partial charge on any atom is -0.309 e. The fourth-order valence-corrected chi connectivity index (χ4v) is 6.75. The monoisotopic (exact) mass is 644 g/mol. The van der Waals surface area contributed by atoms with Gasteiger partial charge in [-0.15, -0.1) is 0 Å². The molecule has 0 aliphatic rings. The van der Waals surface area contributed by atoms with Crippen molar-refractivity contribution in [3.63, 3.8) is 0 Å². The number of rotatable bonds is 6. The first kappa shape index (κ1) is 30.8. The van der Waals surface area contributed by atoms with Crippen LogP contribution in [0, 0.1) is 6.92 Å². The predicted octanol–water partition coefficient (Wildman–Crippen LogP) is 11.4. The lowest BCUT2D eigenvalue weighted by atomic mass is 9.99. The third-order valence-corrected chi connectivity index (χ3v) is 9.18. The molecule has 0 aliphatic carbocycles. The van der Waals surface area contributed by atoms with E-state index in [0.717, 1.165) is 50.7 Å². The molecule has 0 N–H and O–H groups in total. The number of nitrogens with zero attached hydrogens (tertiary/aromatic N) is 4. The zero-order chi connectivity index (χ0) is 33.9. The van der Waals surface area contributed by atoms with Gasteiger partial charge >= 0.3 is 0 Å². The van der Waals surface area contributed by atoms with Crippen LogP contribution in [0.1, 0.15) is 16.7 Å². The summed E-state index contributed by atoms with van der Waals surface area (Å²) in [5, 5.41) is 2.46. The highest BCUT2D eigenvalue weighted by Crippen LogP contribution is 2.38. The SMILES string of the molecule is CN=C(N=C(c1ccccc1)N(c1ccccc1)c1cc(-c2ccc3c(c2)c2ccccc2n3-c2ccccc2)ccc1C)c1ccccc1. The largest absolute Gasteiger partial charge is 0.309 e. The normalized spacial score (nSPS) is 12.0. The van der Waals surface area contributed by atoms with Crippen molar-refractivity contribution in [1.82, 2.24) is 4.57 Å². The maximum Gasteiger partial charge on any atom is 0.156 e. The molecule has 0 spiro atoms. The van der Waals surface area contributed by atoms with Crippen LogP contribution >= 0.6 is 0 Å². The molecule has 50 heavy (non-hydrogen) atoms. The quantitative estimate of drug-likeness (QED) is 0.131. The van der Waals surface area contributed by atoms with Gasteiger partial charge in [-0.05, 0) is 72.1 Å². The number of amidine groups is 2. The van der Waals surface area contributed by atoms with E-state index in [0.29, 0.717) is 5.84 Å². The van der Waals surface area contributed by atoms with Gasteiger partial charge < -0.3 is 4.57 Å². The Hall–Kier alpha value is -6.52. The van der Waals surface area contributed by atoms with Crippen molar-refractivity contribution in [3.05, 3.63) is 199 Å². The van der Waals surface area contributed by atoms with Crippen molar-refractivity contribution in [2.24, 2.45) is 9.98 Å². The third kappa shape index (κ3) is 5.78. The Bertz CT molecular complexity index is 2480. The summed E-state index contributed by atoms with van der Waals surface area (Å²) in [6.07, 6.45) is 0. The van der Waals surface area contributed by atoms with Gasteiger partial charge in [0, 0.05) is 40.3 Å². The van der Waals surface area contributed by atoms with Gasteiger partial charge in [0.2, 0.25) is 0 Å². The molecule has 0 atom stereocenters. The Morgan fingerprint density at radius 1 is 0.520 bits per heavy atom. The van der Waals surface area contributed by atoms with Gasteiger partial charge in [-0.3, -0.25) is 9.89 Å². The molecule has 0 aliphatic heterocycles. The molecule has 0 saturated heterocycles. The average Bonchev–Trinajstić information content (AvgIpc) is 3.52. The summed E-state index contributed by atoms with van der Waals surface area (Å²) in [7, 11) is 1.80. The van der Waals surface area contributed by atoms with Gasteiger partial charge in [-0.25, -0.2) is 4.99 Å². The standard InChI is InChI=1S/C46H36N4/c1-33-27-28-37(36-29-30-43-41(31-36)40-25-15-16-26-42(40)49(43)38-21-11-5-12-22-38)32-44(33)50(39-23-13-6-14-24-39)46(35-19-9-4-10-20-35)48-45(47-2)34-17-7-3-8-18-34/h3-32H,1-2H3. The van der Waals surface area contributed by atoms with E-state index in [1.807, 2.05) is 30.3 Å². The zero-order valence-corrected chi connectivity index (χ0v) is 28.1. The number of benzene rings is 7. The van der Waals surface area contributed by atoms with E-state index in [-0.39, 0.29) is 0 Å². The summed E-state index contributed by atoms with van der Waals surface area (Å²) in [6, 6.07) is 63.9. The van der Waals surface area contributed by atoms with Crippen LogP contribution in [-0.2, 0) is 0 Å². The van der Waals surface area contributed by atoms with Crippen molar-refractivity contribution in [2.75, 3.05) is 11.9 Å². The first-order valence-corrected chi connectivity index (χ1v) is 16.9. The molecule has 1 aromatic heterocycles. The molecule has 240 valence electrons. The lowest BCUT2D eigenvalue weighted by molar-refractivity contribution is 1.18. The van der Waals surface area contributed by atoms with Gasteiger partial charge in [0.1, 0.15) is 5.84 Å². The third-order valence-electron chi connectivity index (χ3n) is 9.18. The lowest BCUT2D eigenvalue weighted by Gasteiger charge is -2.29. The molecule has 0 unspecified atom stereocenters. The molecule has 8 aromatic rings. The molecule has 0 saturated carbocycles. The molecule has 7 aromatic carbocycles. The van der Waals surface area contributed by atoms with Crippen molar-refractivity contribution >= 4 is 44.9 Å². The first-order valence-electron chi connectivity index (χ1n) is 16.9. The van der Waals surface area contributed by atoms with Crippen molar-refractivity contribution in [1.29, 1.82) is 0 Å². The van der Waals surface area contributed by atoms with Gasteiger partial charge in [-0.1, -0.05) is 133 Å². The number of hydrogen-bond donors (Lipinski definition) is 0. The average molecular weight is 645 g/mol. The fraction of sp³-hybridized carbons (Fsp3) is 0.0435. The molecule has 8 rings (SSSR count). The second-order valence-corrected chi connectivity index (χ2v) is 12.3. The minimum atomic E-state index is 0.666. The van der Waals surface area contributed by atoms with E-state index >= 15 is 0 Å². The molecule has 0 amide bonds. The van der Waals surface area contributed by atoms with E-state index in [1.165, 1.54) is 21.8 Å². The summed E-state index contributed by atoms with van der Waals surface area (Å²) in [6.45, 7) is 2.17. The smallest absolute Gasteiger partial charge is 0.156 e. The van der Waals surface area contributed by atoms with E-state index < -0.39 is 0 Å². The van der Waals surface area contributed by atoms with Crippen LogP contribution in [0.25, 0.3) is 38.6 Å². The summed E-state index contributed by atoms with van der Waals surface area (Å²) >= 11 is 0. The Morgan fingerprint density at radius 2 is 1.08 bits per heavy atom. The fourth-order valence-electron chi connectivity index (χ4n) is 6.75. The van der Waals surface area contributed by atoms with Gasteiger partial charge in [0.15, 0.2) is 5.84 Å². The Balaban J connectivity index is 1.32. The molecule has 0 bridgehead atoms. The lowest BCUT2D eigenvalue weighted by Crippen LogP contribution is -2.29. The van der Waals surface area contributed by atoms with E-state index in [2.05, 4.69) is 173 Å². The van der Waals surface area contributed by atoms with Gasteiger partial charge in [0.25, 0.3) is 0 Å². The van der Waals surface area contributed by atoms with Gasteiger partial charge in [0.05, 0.1) is 16.7 Å². The van der Waals surface area contributed by atoms with Crippen LogP contribution < -0.4 is 4.90 Å². The molecule has 4 nitrogen and oxygen atoms in total. The van der Waals surface area contributed by atoms with Gasteiger partial charge in [-0.2, -0.15) is 0 Å². The number of para-hydroxylation sites is 3. The van der Waals surface area contributed by atoms with Crippen LogP contribution in [0.4, 0.5) is 11.4 Å². The summed E-state index contributed by atoms with van der Waals surface area (Å²) in [5.74, 6) is 1.46. The summed E-state index contributed by atoms with van der Waals surface area (Å²) in [4.78, 5) is 12.3. The first-order chi connectivity index (χ1) is 24.7. The number of aryl methyl sites for hydroxylation is 1. The topological polar surface area (TPSA) is 32.9 Å². The van der Waals surface area contributed by atoms with Crippen LogP contribution in [0.15, 0.2) is 192 Å². The van der Waals surface area contributed by atoms with Crippen LogP contribution in [0.3, 0.4) is 0 Å². The zero-order valence-electron chi connectivity index (χ0n) is 28.1. The number of fused-ring (bicyclic) bond motifs is 3. The van der Waals surface area contributed by atoms with Crippen LogP contribution in [-0.4, -0.2) is 23.3 Å². The highest BCUT2D eigenvalue weighted by atomic mass is 15.2. The minimum absolute atomic E-state index is 0.666. The van der Waals surface area contributed by atoms with Crippen molar-refractivity contribution in [3.8, 4) is 16.8 Å². The number of aromatic nitrogens is 1. The molecule has 0 fully saturated rings. The molecule has 1 heterocycles. The number of hydrogen-bond acceptors (Lipinski definition) is 1. The maximum absolute atomic E-state index is 5.33. The molecular formula is C46H36N4. The second-order valence-electron chi connectivity index (χ2n) is 12.3. The Kier molecular flexibility index (Phi) is 8.34. The Labute approximate surface area is 293 Å². The van der Waals surface area contributed by atoms with Crippen LogP contribution in [0.5, 0.6) is 0 Å². The van der Waals surface area contributed by atoms with Crippen molar-refractivity contribution in [2.45, 2.75) is 6.92 Å². The number of anilines is 2. The summed E-state index contributed by atoms with van der Waals surface area (Å²) in [5.41, 5.74) is 11.0. The van der Waals surface area contributed by atoms with E-state index in [1.54, 1.807) is 7.05 Å². The maximum atomic E-state index is 5.33. The molecule has 0 radical (unpaired) electrons. The summed E-state index contributed by atoms with van der Waals surface area (Å²) < 4.78 is 2.36. The van der Waals surface area contributed by atoms with Crippen molar-refractivity contribution < 1.29 is 0 Å². The van der Waals surface area contributed by atoms with E-state index in [9.17, 15) is 0 Å². The second kappa shape index (κ2) is 13.5.